The van der Waals surface area contributed by atoms with Crippen LogP contribution in [0.1, 0.15) is 18.4 Å². The molecule has 2 N–H and O–H groups in total. The number of amides is 2. The predicted molar refractivity (Wildman–Crippen MR) is 84.9 cm³/mol. The van der Waals surface area contributed by atoms with Crippen LogP contribution in [0.25, 0.3) is 0 Å². The highest BCUT2D eigenvalue weighted by molar-refractivity contribution is 5.90. The van der Waals surface area contributed by atoms with Crippen molar-refractivity contribution in [2.24, 2.45) is 0 Å². The lowest BCUT2D eigenvalue weighted by Crippen LogP contribution is -2.31. The highest BCUT2D eigenvalue weighted by Crippen LogP contribution is 2.22. The van der Waals surface area contributed by atoms with Crippen molar-refractivity contribution in [3.63, 3.8) is 0 Å². The maximum Gasteiger partial charge on any atom is 0.319 e. The second kappa shape index (κ2) is 7.33. The fourth-order valence-electron chi connectivity index (χ4n) is 2.06. The molecule has 0 spiro atoms. The minimum absolute atomic E-state index is 0.234. The van der Waals surface area contributed by atoms with Crippen LogP contribution >= 0.6 is 0 Å². The molecule has 0 unspecified atom stereocenters. The van der Waals surface area contributed by atoms with E-state index < -0.39 is 0 Å². The van der Waals surface area contributed by atoms with E-state index in [-0.39, 0.29) is 11.9 Å². The van der Waals surface area contributed by atoms with Crippen LogP contribution < -0.4 is 15.4 Å². The third-order valence-corrected chi connectivity index (χ3v) is 3.29. The Bertz CT molecular complexity index is 584. The van der Waals surface area contributed by atoms with Crippen LogP contribution in [-0.2, 0) is 0 Å². The second-order valence-corrected chi connectivity index (χ2v) is 4.85. The summed E-state index contributed by atoms with van der Waals surface area (Å²) in [6.45, 7) is 2.66. The number of carbonyl (C=O) groups excluding carboxylic acids is 1. The molecule has 0 heterocycles. The Hall–Kier alpha value is -2.49. The topological polar surface area (TPSA) is 50.4 Å². The van der Waals surface area contributed by atoms with Crippen molar-refractivity contribution in [2.45, 2.75) is 12.8 Å². The zero-order valence-corrected chi connectivity index (χ0v) is 12.3. The van der Waals surface area contributed by atoms with Crippen molar-refractivity contribution < 1.29 is 9.53 Å². The third-order valence-electron chi connectivity index (χ3n) is 3.29. The van der Waals surface area contributed by atoms with E-state index in [2.05, 4.69) is 29.7 Å². The van der Waals surface area contributed by atoms with Crippen LogP contribution in [0.4, 0.5) is 10.5 Å². The molecule has 2 rings (SSSR count). The molecular weight excluding hydrogens is 264 g/mol. The lowest BCUT2D eigenvalue weighted by Gasteiger charge is -2.14. The average Bonchev–Trinajstić information content (AvgIpc) is 2.54. The van der Waals surface area contributed by atoms with E-state index in [0.717, 1.165) is 0 Å². The lowest BCUT2D eigenvalue weighted by atomic mass is 10.0. The molecule has 2 amide bonds. The Morgan fingerprint density at radius 3 is 2.48 bits per heavy atom. The van der Waals surface area contributed by atoms with Crippen LogP contribution in [0, 0.1) is 0 Å². The van der Waals surface area contributed by atoms with E-state index in [9.17, 15) is 4.79 Å². The summed E-state index contributed by atoms with van der Waals surface area (Å²) < 4.78 is 5.20. The molecule has 0 aliphatic carbocycles. The Morgan fingerprint density at radius 1 is 1.10 bits per heavy atom. The largest absolute Gasteiger partial charge is 0.495 e. The van der Waals surface area contributed by atoms with Crippen molar-refractivity contribution in [1.29, 1.82) is 0 Å². The van der Waals surface area contributed by atoms with Gasteiger partial charge in [0.05, 0.1) is 12.8 Å². The van der Waals surface area contributed by atoms with Gasteiger partial charge in [-0.25, -0.2) is 4.79 Å². The number of ether oxygens (including phenoxy) is 1. The quantitative estimate of drug-likeness (QED) is 0.881. The molecule has 0 aliphatic rings. The average molecular weight is 284 g/mol. The molecule has 2 aromatic carbocycles. The SMILES string of the molecule is COc1ccccc1NC(=O)NC[C@H](C)c1ccccc1. The van der Waals surface area contributed by atoms with Crippen LogP contribution in [0.3, 0.4) is 0 Å². The Morgan fingerprint density at radius 2 is 1.76 bits per heavy atom. The number of hydrogen-bond acceptors (Lipinski definition) is 2. The molecule has 21 heavy (non-hydrogen) atoms. The summed E-state index contributed by atoms with van der Waals surface area (Å²) in [7, 11) is 1.58. The number of rotatable bonds is 5. The summed E-state index contributed by atoms with van der Waals surface area (Å²) in [5.74, 6) is 0.901. The zero-order valence-electron chi connectivity index (χ0n) is 12.3. The summed E-state index contributed by atoms with van der Waals surface area (Å²) >= 11 is 0. The lowest BCUT2D eigenvalue weighted by molar-refractivity contribution is 0.251. The standard InChI is InChI=1S/C17H20N2O2/c1-13(14-8-4-3-5-9-14)12-18-17(20)19-15-10-6-7-11-16(15)21-2/h3-11,13H,12H2,1-2H3,(H2,18,19,20)/t13-/m0/s1. The summed E-state index contributed by atoms with van der Waals surface area (Å²) in [4.78, 5) is 11.9. The maximum atomic E-state index is 11.9. The molecule has 0 bridgehead atoms. The minimum atomic E-state index is -0.234. The van der Waals surface area contributed by atoms with Crippen LogP contribution in [0.2, 0.25) is 0 Å². The molecule has 0 aromatic heterocycles. The molecule has 0 aliphatic heterocycles. The molecule has 0 fully saturated rings. The first-order valence-corrected chi connectivity index (χ1v) is 6.93. The van der Waals surface area contributed by atoms with Crippen molar-refractivity contribution >= 4 is 11.7 Å². The van der Waals surface area contributed by atoms with Gasteiger partial charge in [-0.2, -0.15) is 0 Å². The number of benzene rings is 2. The van der Waals surface area contributed by atoms with Crippen LogP contribution in [0.5, 0.6) is 5.75 Å². The number of methoxy groups -OCH3 is 1. The normalized spacial score (nSPS) is 11.5. The first kappa shape index (κ1) is 14.9. The summed E-state index contributed by atoms with van der Waals surface area (Å²) in [6.07, 6.45) is 0. The van der Waals surface area contributed by atoms with Gasteiger partial charge >= 0.3 is 6.03 Å². The summed E-state index contributed by atoms with van der Waals surface area (Å²) in [5, 5.41) is 5.67. The van der Waals surface area contributed by atoms with E-state index >= 15 is 0 Å². The van der Waals surface area contributed by atoms with E-state index in [1.54, 1.807) is 13.2 Å². The number of anilines is 1. The zero-order chi connectivity index (χ0) is 15.1. The van der Waals surface area contributed by atoms with Gasteiger partial charge in [0.1, 0.15) is 5.75 Å². The van der Waals surface area contributed by atoms with E-state index in [1.807, 2.05) is 36.4 Å². The molecule has 0 radical (unpaired) electrons. The monoisotopic (exact) mass is 284 g/mol. The Balaban J connectivity index is 1.88. The molecule has 4 nitrogen and oxygen atoms in total. The van der Waals surface area contributed by atoms with Gasteiger partial charge in [-0.15, -0.1) is 0 Å². The van der Waals surface area contributed by atoms with Gasteiger partial charge in [0, 0.05) is 6.54 Å². The van der Waals surface area contributed by atoms with Crippen LogP contribution in [0.15, 0.2) is 54.6 Å². The van der Waals surface area contributed by atoms with Gasteiger partial charge in [-0.05, 0) is 23.6 Å². The third kappa shape index (κ3) is 4.24. The fourth-order valence-corrected chi connectivity index (χ4v) is 2.06. The van der Waals surface area contributed by atoms with Crippen molar-refractivity contribution in [3.05, 3.63) is 60.2 Å². The van der Waals surface area contributed by atoms with Gasteiger partial charge in [0.15, 0.2) is 0 Å². The van der Waals surface area contributed by atoms with Gasteiger partial charge in [0.2, 0.25) is 0 Å². The molecular formula is C17H20N2O2. The molecule has 2 aromatic rings. The summed E-state index contributed by atoms with van der Waals surface area (Å²) in [5.41, 5.74) is 1.86. The fraction of sp³-hybridized carbons (Fsp3) is 0.235. The number of urea groups is 1. The van der Waals surface area contributed by atoms with Crippen molar-refractivity contribution in [1.82, 2.24) is 5.32 Å². The molecule has 0 saturated heterocycles. The molecule has 4 heteroatoms. The van der Waals surface area contributed by atoms with Gasteiger partial charge in [-0.1, -0.05) is 49.4 Å². The molecule has 110 valence electrons. The predicted octanol–water partition coefficient (Wildman–Crippen LogP) is 3.62. The number of para-hydroxylation sites is 2. The highest BCUT2D eigenvalue weighted by Gasteiger charge is 2.09. The van der Waals surface area contributed by atoms with E-state index in [1.165, 1.54) is 5.56 Å². The minimum Gasteiger partial charge on any atom is -0.495 e. The van der Waals surface area contributed by atoms with Crippen molar-refractivity contribution in [2.75, 3.05) is 19.0 Å². The summed E-state index contributed by atoms with van der Waals surface area (Å²) in [6, 6.07) is 17.2. The van der Waals surface area contributed by atoms with Crippen molar-refractivity contribution in [3.8, 4) is 5.75 Å². The van der Waals surface area contributed by atoms with Gasteiger partial charge in [0.25, 0.3) is 0 Å². The van der Waals surface area contributed by atoms with Gasteiger partial charge in [-0.3, -0.25) is 0 Å². The number of hydrogen-bond donors (Lipinski definition) is 2. The Kier molecular flexibility index (Phi) is 5.21. The molecule has 1 atom stereocenters. The van der Waals surface area contributed by atoms with E-state index in [4.69, 9.17) is 4.74 Å². The maximum absolute atomic E-state index is 11.9. The van der Waals surface area contributed by atoms with Gasteiger partial charge < -0.3 is 15.4 Å². The number of carbonyl (C=O) groups is 1. The van der Waals surface area contributed by atoms with E-state index in [0.29, 0.717) is 18.0 Å². The Labute approximate surface area is 125 Å². The first-order valence-electron chi connectivity index (χ1n) is 6.93. The smallest absolute Gasteiger partial charge is 0.319 e. The number of nitrogens with one attached hydrogen (secondary N) is 2. The highest BCUT2D eigenvalue weighted by atomic mass is 16.5. The van der Waals surface area contributed by atoms with Crippen LogP contribution in [-0.4, -0.2) is 19.7 Å². The first-order chi connectivity index (χ1) is 10.2. The molecule has 0 saturated carbocycles. The second-order valence-electron chi connectivity index (χ2n) is 4.85.